The molecule has 0 unspecified atom stereocenters. The molecule has 0 bridgehead atoms. The molecule has 1 rings (SSSR count). The van der Waals surface area contributed by atoms with Crippen LogP contribution in [0.3, 0.4) is 0 Å². The first-order valence-electron chi connectivity index (χ1n) is 3.84. The molecule has 0 amide bonds. The largest absolute Gasteiger partial charge is 0.735 e. The third-order valence-corrected chi connectivity index (χ3v) is 2.09. The predicted molar refractivity (Wildman–Crippen MR) is 49.5 cm³/mol. The molecule has 78 valence electrons. The van der Waals surface area contributed by atoms with Crippen molar-refractivity contribution in [3.05, 3.63) is 29.8 Å². The molecule has 0 saturated heterocycles. The lowest BCUT2D eigenvalue weighted by molar-refractivity contribution is 0.414. The minimum Gasteiger partial charge on any atom is -0.735 e. The number of methoxy groups -OCH3 is 1. The summed E-state index contributed by atoms with van der Waals surface area (Å²) < 4.78 is 37.6. The first-order chi connectivity index (χ1) is 6.51. The van der Waals surface area contributed by atoms with Gasteiger partial charge < -0.3 is 9.29 Å². The number of rotatable bonds is 4. The topological polar surface area (TPSA) is 78.5 Å². The normalized spacial score (nSPS) is 11.3. The van der Waals surface area contributed by atoms with Gasteiger partial charge in [0.1, 0.15) is 5.75 Å². The molecule has 0 aliphatic heterocycles. The van der Waals surface area contributed by atoms with E-state index in [0.29, 0.717) is 11.3 Å². The van der Waals surface area contributed by atoms with E-state index < -0.39 is 10.3 Å². The highest BCUT2D eigenvalue weighted by Crippen LogP contribution is 2.12. The highest BCUT2D eigenvalue weighted by Gasteiger charge is 1.97. The van der Waals surface area contributed by atoms with E-state index >= 15 is 0 Å². The van der Waals surface area contributed by atoms with Crippen LogP contribution in [0.25, 0.3) is 0 Å². The lowest BCUT2D eigenvalue weighted by atomic mass is 10.2. The summed E-state index contributed by atoms with van der Waals surface area (Å²) in [7, 11) is -2.87. The van der Waals surface area contributed by atoms with Crippen molar-refractivity contribution >= 4 is 10.3 Å². The van der Waals surface area contributed by atoms with Gasteiger partial charge in [0.2, 0.25) is 0 Å². The van der Waals surface area contributed by atoms with Crippen molar-refractivity contribution in [3.63, 3.8) is 0 Å². The summed E-state index contributed by atoms with van der Waals surface area (Å²) in [5.74, 6) is 0.618. The zero-order valence-electron chi connectivity index (χ0n) is 7.56. The summed E-state index contributed by atoms with van der Waals surface area (Å²) in [5, 5.41) is 0. The second-order valence-electron chi connectivity index (χ2n) is 2.63. The van der Waals surface area contributed by atoms with Crippen LogP contribution in [-0.2, 0) is 16.8 Å². The maximum atomic E-state index is 10.3. The monoisotopic (exact) mass is 216 g/mol. The van der Waals surface area contributed by atoms with Crippen LogP contribution in [0.5, 0.6) is 5.75 Å². The van der Waals surface area contributed by atoms with Crippen molar-refractivity contribution < 1.29 is 17.7 Å². The maximum absolute atomic E-state index is 10.3. The molecule has 1 aromatic carbocycles. The second kappa shape index (κ2) is 4.41. The van der Waals surface area contributed by atoms with Crippen LogP contribution in [0.15, 0.2) is 24.3 Å². The van der Waals surface area contributed by atoms with Gasteiger partial charge in [0.05, 0.1) is 7.11 Å². The average Bonchev–Trinajstić information content (AvgIpc) is 2.14. The fourth-order valence-electron chi connectivity index (χ4n) is 0.954. The Bertz CT molecular complexity index is 402. The van der Waals surface area contributed by atoms with E-state index in [1.165, 1.54) is 7.11 Å². The van der Waals surface area contributed by atoms with E-state index in [1.807, 2.05) is 4.72 Å². The molecule has 0 saturated carbocycles. The van der Waals surface area contributed by atoms with Gasteiger partial charge in [0.25, 0.3) is 0 Å². The Balaban J connectivity index is 2.68. The molecule has 0 aromatic heterocycles. The van der Waals surface area contributed by atoms with Gasteiger partial charge in [0.15, 0.2) is 10.3 Å². The van der Waals surface area contributed by atoms with Crippen molar-refractivity contribution in [2.75, 3.05) is 7.11 Å². The molecule has 0 atom stereocenters. The van der Waals surface area contributed by atoms with Gasteiger partial charge in [0, 0.05) is 6.54 Å². The first-order valence-corrected chi connectivity index (χ1v) is 5.25. The number of ether oxygens (including phenoxy) is 1. The number of hydrogen-bond donors (Lipinski definition) is 1. The molecular formula is C8H10NO4S-. The molecule has 0 heterocycles. The minimum absolute atomic E-state index is 0.0248. The highest BCUT2D eigenvalue weighted by molar-refractivity contribution is 7.83. The van der Waals surface area contributed by atoms with Crippen LogP contribution < -0.4 is 9.46 Å². The van der Waals surface area contributed by atoms with Crippen LogP contribution >= 0.6 is 0 Å². The molecular weight excluding hydrogens is 206 g/mol. The standard InChI is InChI=1S/C8H11NO4S/c1-13-8-4-2-3-7(5-8)6-9-14(10,11)12/h2-5,9H,6H2,1H3,(H,10,11,12)/p-1. The summed E-state index contributed by atoms with van der Waals surface area (Å²) >= 11 is 0. The van der Waals surface area contributed by atoms with Crippen molar-refractivity contribution in [2.45, 2.75) is 6.54 Å². The van der Waals surface area contributed by atoms with Crippen LogP contribution in [0.4, 0.5) is 0 Å². The third-order valence-electron chi connectivity index (χ3n) is 1.59. The van der Waals surface area contributed by atoms with Crippen LogP contribution in [0.1, 0.15) is 5.56 Å². The van der Waals surface area contributed by atoms with Crippen LogP contribution in [0.2, 0.25) is 0 Å². The van der Waals surface area contributed by atoms with E-state index in [1.54, 1.807) is 24.3 Å². The van der Waals surface area contributed by atoms with Gasteiger partial charge >= 0.3 is 0 Å². The fraction of sp³-hybridized carbons (Fsp3) is 0.250. The minimum atomic E-state index is -4.38. The Morgan fingerprint density at radius 1 is 1.50 bits per heavy atom. The van der Waals surface area contributed by atoms with E-state index in [2.05, 4.69) is 0 Å². The lowest BCUT2D eigenvalue weighted by Gasteiger charge is -2.09. The molecule has 14 heavy (non-hydrogen) atoms. The SMILES string of the molecule is COc1cccc(CNS(=O)(=O)[O-])c1. The smallest absolute Gasteiger partial charge is 0.159 e. The number of nitrogens with one attached hydrogen (secondary N) is 1. The molecule has 5 nitrogen and oxygen atoms in total. The van der Waals surface area contributed by atoms with E-state index in [9.17, 15) is 13.0 Å². The summed E-state index contributed by atoms with van der Waals surface area (Å²) in [6, 6.07) is 6.79. The van der Waals surface area contributed by atoms with Crippen molar-refractivity contribution in [2.24, 2.45) is 0 Å². The molecule has 1 N–H and O–H groups in total. The number of hydrogen-bond acceptors (Lipinski definition) is 4. The van der Waals surface area contributed by atoms with E-state index in [-0.39, 0.29) is 6.54 Å². The molecule has 0 radical (unpaired) electrons. The van der Waals surface area contributed by atoms with Gasteiger partial charge in [-0.3, -0.25) is 0 Å². The molecule has 0 aliphatic carbocycles. The molecule has 0 fully saturated rings. The lowest BCUT2D eigenvalue weighted by Crippen LogP contribution is -2.22. The predicted octanol–water partition coefficient (Wildman–Crippen LogP) is 0.245. The summed E-state index contributed by atoms with van der Waals surface area (Å²) in [6.07, 6.45) is 0. The zero-order chi connectivity index (χ0) is 10.6. The quantitative estimate of drug-likeness (QED) is 0.731. The first kappa shape index (κ1) is 11.0. The Morgan fingerprint density at radius 3 is 2.79 bits per heavy atom. The van der Waals surface area contributed by atoms with Crippen molar-refractivity contribution in [1.82, 2.24) is 4.72 Å². The Labute approximate surface area is 82.6 Å². The third kappa shape index (κ3) is 3.73. The molecule has 6 heteroatoms. The second-order valence-corrected chi connectivity index (χ2v) is 3.82. The van der Waals surface area contributed by atoms with Crippen molar-refractivity contribution in [1.29, 1.82) is 0 Å². The summed E-state index contributed by atoms with van der Waals surface area (Å²) in [6.45, 7) is -0.0248. The van der Waals surface area contributed by atoms with Gasteiger partial charge in [-0.1, -0.05) is 12.1 Å². The zero-order valence-corrected chi connectivity index (χ0v) is 8.37. The molecule has 0 spiro atoms. The molecule has 1 aromatic rings. The average molecular weight is 216 g/mol. The van der Waals surface area contributed by atoms with Gasteiger partial charge in [-0.05, 0) is 17.7 Å². The van der Waals surface area contributed by atoms with E-state index in [0.717, 1.165) is 0 Å². The van der Waals surface area contributed by atoms with Crippen LogP contribution in [0, 0.1) is 0 Å². The van der Waals surface area contributed by atoms with Gasteiger partial charge in [-0.15, -0.1) is 0 Å². The number of benzene rings is 1. The van der Waals surface area contributed by atoms with Crippen LogP contribution in [-0.4, -0.2) is 20.1 Å². The van der Waals surface area contributed by atoms with Gasteiger partial charge in [-0.2, -0.15) is 0 Å². The summed E-state index contributed by atoms with van der Waals surface area (Å²) in [4.78, 5) is 0. The van der Waals surface area contributed by atoms with Gasteiger partial charge in [-0.25, -0.2) is 13.1 Å². The maximum Gasteiger partial charge on any atom is 0.159 e. The highest BCUT2D eigenvalue weighted by atomic mass is 32.2. The van der Waals surface area contributed by atoms with Crippen molar-refractivity contribution in [3.8, 4) is 5.75 Å². The summed E-state index contributed by atoms with van der Waals surface area (Å²) in [5.41, 5.74) is 0.670. The Morgan fingerprint density at radius 2 is 2.21 bits per heavy atom. The van der Waals surface area contributed by atoms with E-state index in [4.69, 9.17) is 4.74 Å². The Hall–Kier alpha value is -1.11. The fourth-order valence-corrected chi connectivity index (χ4v) is 1.30. The molecule has 0 aliphatic rings. The Kier molecular flexibility index (Phi) is 3.45.